The first-order valence-electron chi connectivity index (χ1n) is 5.13. The van der Waals surface area contributed by atoms with E-state index in [2.05, 4.69) is 10.1 Å². The zero-order valence-corrected chi connectivity index (χ0v) is 9.64. The Morgan fingerprint density at radius 2 is 2.05 bits per heavy atom. The summed E-state index contributed by atoms with van der Waals surface area (Å²) in [5.74, 6) is -1.49. The number of aromatic carboxylic acids is 1. The first-order chi connectivity index (χ1) is 8.79. The van der Waals surface area contributed by atoms with Gasteiger partial charge in [-0.15, -0.1) is 0 Å². The maximum absolute atomic E-state index is 12.5. The van der Waals surface area contributed by atoms with Crippen LogP contribution in [0.25, 0.3) is 5.82 Å². The van der Waals surface area contributed by atoms with Crippen molar-refractivity contribution >= 4 is 5.97 Å². The quantitative estimate of drug-likeness (QED) is 0.909. The van der Waals surface area contributed by atoms with Crippen LogP contribution in [0.4, 0.5) is 13.2 Å². The van der Waals surface area contributed by atoms with Gasteiger partial charge in [-0.3, -0.25) is 0 Å². The fourth-order valence-corrected chi connectivity index (χ4v) is 1.53. The van der Waals surface area contributed by atoms with Crippen LogP contribution in [-0.4, -0.2) is 25.8 Å². The number of aromatic nitrogens is 3. The smallest absolute Gasteiger partial charge is 0.433 e. The van der Waals surface area contributed by atoms with Crippen LogP contribution in [0.2, 0.25) is 0 Å². The number of aryl methyl sites for hydroxylation is 1. The number of rotatable bonds is 2. The van der Waals surface area contributed by atoms with Gasteiger partial charge < -0.3 is 5.11 Å². The van der Waals surface area contributed by atoms with Gasteiger partial charge >= 0.3 is 12.1 Å². The number of carbonyl (C=O) groups is 1. The zero-order chi connectivity index (χ0) is 14.2. The summed E-state index contributed by atoms with van der Waals surface area (Å²) in [5.41, 5.74) is -0.976. The van der Waals surface area contributed by atoms with Gasteiger partial charge in [0.05, 0.1) is 5.69 Å². The molecule has 5 nitrogen and oxygen atoms in total. The summed E-state index contributed by atoms with van der Waals surface area (Å²) in [6, 6.07) is 4.46. The highest BCUT2D eigenvalue weighted by molar-refractivity contribution is 5.86. The minimum absolute atomic E-state index is 0.194. The number of nitrogens with zero attached hydrogens (tertiary/aromatic N) is 3. The lowest BCUT2D eigenvalue weighted by atomic mass is 10.3. The van der Waals surface area contributed by atoms with Gasteiger partial charge in [0.15, 0.2) is 11.5 Å². The standard InChI is InChI=1S/C11H8F3N3O2/c1-6-5-7(10(18)19)17(16-6)9-4-2-3-8(15-9)11(12,13)14/h2-5H,1H3,(H,18,19). The molecule has 0 bridgehead atoms. The highest BCUT2D eigenvalue weighted by Crippen LogP contribution is 2.28. The molecule has 0 saturated heterocycles. The minimum atomic E-state index is -4.60. The Morgan fingerprint density at radius 1 is 1.37 bits per heavy atom. The van der Waals surface area contributed by atoms with Crippen molar-refractivity contribution in [2.75, 3.05) is 0 Å². The first-order valence-corrected chi connectivity index (χ1v) is 5.13. The number of carboxylic acids is 1. The lowest BCUT2D eigenvalue weighted by Gasteiger charge is -2.08. The molecular weight excluding hydrogens is 263 g/mol. The number of hydrogen-bond donors (Lipinski definition) is 1. The van der Waals surface area contributed by atoms with E-state index in [1.165, 1.54) is 19.1 Å². The summed E-state index contributed by atoms with van der Waals surface area (Å²) < 4.78 is 38.5. The third-order valence-corrected chi connectivity index (χ3v) is 2.29. The van der Waals surface area contributed by atoms with Gasteiger partial charge in [-0.2, -0.15) is 18.3 Å². The van der Waals surface area contributed by atoms with E-state index in [4.69, 9.17) is 5.11 Å². The Morgan fingerprint density at radius 3 is 2.63 bits per heavy atom. The summed E-state index contributed by atoms with van der Waals surface area (Å²) in [4.78, 5) is 14.4. The third-order valence-electron chi connectivity index (χ3n) is 2.29. The van der Waals surface area contributed by atoms with E-state index < -0.39 is 17.8 Å². The van der Waals surface area contributed by atoms with Crippen LogP contribution >= 0.6 is 0 Å². The SMILES string of the molecule is Cc1cc(C(=O)O)n(-c2cccc(C(F)(F)F)n2)n1. The molecule has 0 saturated carbocycles. The molecular formula is C11H8F3N3O2. The second-order valence-electron chi connectivity index (χ2n) is 3.77. The molecule has 2 aromatic heterocycles. The topological polar surface area (TPSA) is 68.0 Å². The van der Waals surface area contributed by atoms with E-state index in [1.54, 1.807) is 0 Å². The Balaban J connectivity index is 2.57. The number of alkyl halides is 3. The Labute approximate surface area is 105 Å². The molecule has 100 valence electrons. The van der Waals surface area contributed by atoms with E-state index >= 15 is 0 Å². The van der Waals surface area contributed by atoms with Crippen molar-refractivity contribution in [1.82, 2.24) is 14.8 Å². The third kappa shape index (κ3) is 2.56. The summed E-state index contributed by atoms with van der Waals surface area (Å²) in [5, 5.41) is 12.8. The second kappa shape index (κ2) is 4.38. The zero-order valence-electron chi connectivity index (χ0n) is 9.64. The normalized spacial score (nSPS) is 11.6. The molecule has 0 radical (unpaired) electrons. The van der Waals surface area contributed by atoms with Crippen LogP contribution in [0, 0.1) is 6.92 Å². The average molecular weight is 271 g/mol. The van der Waals surface area contributed by atoms with Gasteiger partial charge in [0.1, 0.15) is 5.69 Å². The van der Waals surface area contributed by atoms with Crippen molar-refractivity contribution in [2.24, 2.45) is 0 Å². The molecule has 0 aromatic carbocycles. The van der Waals surface area contributed by atoms with Gasteiger partial charge in [0.2, 0.25) is 0 Å². The van der Waals surface area contributed by atoms with Crippen molar-refractivity contribution < 1.29 is 23.1 Å². The largest absolute Gasteiger partial charge is 0.477 e. The van der Waals surface area contributed by atoms with Crippen molar-refractivity contribution in [3.8, 4) is 5.82 Å². The predicted octanol–water partition coefficient (Wildman–Crippen LogP) is 2.29. The minimum Gasteiger partial charge on any atom is -0.477 e. The maximum Gasteiger partial charge on any atom is 0.433 e. The average Bonchev–Trinajstić information content (AvgIpc) is 2.71. The molecule has 8 heteroatoms. The number of pyridine rings is 1. The van der Waals surface area contributed by atoms with Gasteiger partial charge in [-0.1, -0.05) is 6.07 Å². The monoisotopic (exact) mass is 271 g/mol. The van der Waals surface area contributed by atoms with Gasteiger partial charge in [-0.25, -0.2) is 14.5 Å². The molecule has 0 unspecified atom stereocenters. The fraction of sp³-hybridized carbons (Fsp3) is 0.182. The van der Waals surface area contributed by atoms with E-state index in [1.807, 2.05) is 0 Å². The molecule has 0 fully saturated rings. The molecule has 0 aliphatic rings. The van der Waals surface area contributed by atoms with Crippen LogP contribution < -0.4 is 0 Å². The van der Waals surface area contributed by atoms with E-state index in [-0.39, 0.29) is 11.5 Å². The van der Waals surface area contributed by atoms with Crippen LogP contribution in [-0.2, 0) is 6.18 Å². The van der Waals surface area contributed by atoms with Gasteiger partial charge in [0.25, 0.3) is 0 Å². The predicted molar refractivity (Wildman–Crippen MR) is 58.1 cm³/mol. The van der Waals surface area contributed by atoms with Crippen molar-refractivity contribution in [1.29, 1.82) is 0 Å². The Bertz CT molecular complexity index is 634. The van der Waals surface area contributed by atoms with Crippen LogP contribution in [0.1, 0.15) is 21.9 Å². The van der Waals surface area contributed by atoms with Gasteiger partial charge in [0, 0.05) is 0 Å². The van der Waals surface area contributed by atoms with E-state index in [0.717, 1.165) is 16.8 Å². The molecule has 0 spiro atoms. The first kappa shape index (κ1) is 13.1. The second-order valence-corrected chi connectivity index (χ2v) is 3.77. The van der Waals surface area contributed by atoms with Gasteiger partial charge in [-0.05, 0) is 25.1 Å². The highest BCUT2D eigenvalue weighted by atomic mass is 19.4. The molecule has 0 aliphatic heterocycles. The maximum atomic E-state index is 12.5. The molecule has 0 aliphatic carbocycles. The molecule has 0 amide bonds. The van der Waals surface area contributed by atoms with Crippen molar-refractivity contribution in [3.63, 3.8) is 0 Å². The van der Waals surface area contributed by atoms with Crippen molar-refractivity contribution in [2.45, 2.75) is 13.1 Å². The molecule has 0 atom stereocenters. The fourth-order valence-electron chi connectivity index (χ4n) is 1.53. The van der Waals surface area contributed by atoms with Crippen LogP contribution in [0.3, 0.4) is 0 Å². The Hall–Kier alpha value is -2.38. The number of carboxylic acid groups (broad SMARTS) is 1. The molecule has 2 aromatic rings. The lowest BCUT2D eigenvalue weighted by Crippen LogP contribution is -2.13. The van der Waals surface area contributed by atoms with Crippen LogP contribution in [0.5, 0.6) is 0 Å². The number of halogens is 3. The molecule has 2 heterocycles. The molecule has 19 heavy (non-hydrogen) atoms. The van der Waals surface area contributed by atoms with E-state index in [9.17, 15) is 18.0 Å². The summed E-state index contributed by atoms with van der Waals surface area (Å²) in [7, 11) is 0. The number of hydrogen-bond acceptors (Lipinski definition) is 3. The van der Waals surface area contributed by atoms with Crippen molar-refractivity contribution in [3.05, 3.63) is 41.3 Å². The summed E-state index contributed by atoms with van der Waals surface area (Å²) in [6.07, 6.45) is -4.60. The summed E-state index contributed by atoms with van der Waals surface area (Å²) >= 11 is 0. The van der Waals surface area contributed by atoms with Crippen LogP contribution in [0.15, 0.2) is 24.3 Å². The highest BCUT2D eigenvalue weighted by Gasteiger charge is 2.32. The molecule has 2 rings (SSSR count). The Kier molecular flexibility index (Phi) is 3.01. The van der Waals surface area contributed by atoms with E-state index in [0.29, 0.717) is 5.69 Å². The molecule has 1 N–H and O–H groups in total. The lowest BCUT2D eigenvalue weighted by molar-refractivity contribution is -0.141. The summed E-state index contributed by atoms with van der Waals surface area (Å²) in [6.45, 7) is 1.54.